The summed E-state index contributed by atoms with van der Waals surface area (Å²) in [4.78, 5) is 23.5. The highest BCUT2D eigenvalue weighted by Gasteiger charge is 2.15. The minimum Gasteiger partial charge on any atom is -0.479 e. The minimum absolute atomic E-state index is 0.169. The van der Waals surface area contributed by atoms with E-state index in [1.165, 1.54) is 10.7 Å². The van der Waals surface area contributed by atoms with Crippen molar-refractivity contribution in [2.24, 2.45) is 0 Å². The molecule has 8 heteroatoms. The quantitative estimate of drug-likeness (QED) is 0.761. The average molecular weight is 370 g/mol. The summed E-state index contributed by atoms with van der Waals surface area (Å²) in [5.74, 6) is 0.123. The molecule has 2 aromatic rings. The van der Waals surface area contributed by atoms with Gasteiger partial charge in [-0.3, -0.25) is 9.59 Å². The highest BCUT2D eigenvalue weighted by atomic mass is 35.5. The molecule has 0 aliphatic rings. The Kier molecular flexibility index (Phi) is 6.63. The second kappa shape index (κ2) is 8.70. The van der Waals surface area contributed by atoms with Gasteiger partial charge in [0.05, 0.1) is 5.02 Å². The lowest BCUT2D eigenvalue weighted by molar-refractivity contribution is -0.127. The molecule has 128 valence electrons. The fourth-order valence-electron chi connectivity index (χ4n) is 1.95. The summed E-state index contributed by atoms with van der Waals surface area (Å²) in [6.45, 7) is 2.46. The van der Waals surface area contributed by atoms with Gasteiger partial charge in [0.1, 0.15) is 5.75 Å². The number of aromatic nitrogens is 2. The Hall–Kier alpha value is -2.05. The van der Waals surface area contributed by atoms with Gasteiger partial charge in [0.25, 0.3) is 11.5 Å². The van der Waals surface area contributed by atoms with Gasteiger partial charge >= 0.3 is 0 Å². The van der Waals surface area contributed by atoms with Gasteiger partial charge in [-0.25, -0.2) is 4.68 Å². The zero-order valence-corrected chi connectivity index (χ0v) is 14.5. The van der Waals surface area contributed by atoms with E-state index in [1.807, 2.05) is 0 Å². The number of rotatable bonds is 7. The van der Waals surface area contributed by atoms with E-state index >= 15 is 0 Å². The maximum atomic E-state index is 12.0. The Balaban J connectivity index is 1.77. The van der Waals surface area contributed by atoms with Crippen LogP contribution in [0.15, 0.2) is 41.3 Å². The molecule has 1 aromatic carbocycles. The lowest BCUT2D eigenvalue weighted by atomic mass is 10.3. The number of amides is 1. The number of nitrogens with one attached hydrogen (secondary N) is 1. The Labute approximate surface area is 149 Å². The molecule has 0 saturated heterocycles. The number of nitrogens with zero attached hydrogens (tertiary/aromatic N) is 2. The molecule has 1 heterocycles. The number of benzene rings is 1. The van der Waals surface area contributed by atoms with E-state index in [-0.39, 0.29) is 11.5 Å². The van der Waals surface area contributed by atoms with Gasteiger partial charge in [0, 0.05) is 30.4 Å². The van der Waals surface area contributed by atoms with Gasteiger partial charge in [0.2, 0.25) is 0 Å². The smallest absolute Gasteiger partial charge is 0.266 e. The first-order valence-corrected chi connectivity index (χ1v) is 8.14. The number of hydrogen-bond donors (Lipinski definition) is 1. The molecule has 6 nitrogen and oxygen atoms in total. The zero-order chi connectivity index (χ0) is 17.5. The lowest BCUT2D eigenvalue weighted by Gasteiger charge is -2.15. The first-order valence-electron chi connectivity index (χ1n) is 7.39. The van der Waals surface area contributed by atoms with Crippen molar-refractivity contribution < 1.29 is 9.53 Å². The SMILES string of the molecule is CC(Oc1ccc(Cl)cc1Cl)C(=O)NCCCn1ncccc1=O. The third kappa shape index (κ3) is 5.25. The highest BCUT2D eigenvalue weighted by Crippen LogP contribution is 2.28. The van der Waals surface area contributed by atoms with E-state index < -0.39 is 6.10 Å². The zero-order valence-electron chi connectivity index (χ0n) is 13.0. The normalized spacial score (nSPS) is 11.8. The molecule has 1 N–H and O–H groups in total. The number of carbonyl (C=O) groups is 1. The second-order valence-corrected chi connectivity index (χ2v) is 5.91. The summed E-state index contributed by atoms with van der Waals surface area (Å²) in [6.07, 6.45) is 1.42. The molecular weight excluding hydrogens is 353 g/mol. The van der Waals surface area contributed by atoms with Crippen LogP contribution in [0.5, 0.6) is 5.75 Å². The van der Waals surface area contributed by atoms with Crippen molar-refractivity contribution >= 4 is 29.1 Å². The number of hydrogen-bond acceptors (Lipinski definition) is 4. The minimum atomic E-state index is -0.707. The molecule has 1 atom stereocenters. The Morgan fingerprint density at radius 1 is 1.38 bits per heavy atom. The molecule has 0 fully saturated rings. The van der Waals surface area contributed by atoms with Crippen molar-refractivity contribution in [3.8, 4) is 5.75 Å². The molecule has 1 amide bonds. The topological polar surface area (TPSA) is 73.2 Å². The van der Waals surface area contributed by atoms with Gasteiger partial charge in [-0.1, -0.05) is 23.2 Å². The molecule has 2 rings (SSSR count). The first-order chi connectivity index (χ1) is 11.5. The number of carbonyl (C=O) groups excluding carboxylic acids is 1. The van der Waals surface area contributed by atoms with E-state index in [0.29, 0.717) is 35.3 Å². The molecule has 0 bridgehead atoms. The predicted octanol–water partition coefficient (Wildman–Crippen LogP) is 2.52. The van der Waals surface area contributed by atoms with Crippen LogP contribution in [0.4, 0.5) is 0 Å². The van der Waals surface area contributed by atoms with Crippen molar-refractivity contribution in [2.45, 2.75) is 26.0 Å². The lowest BCUT2D eigenvalue weighted by Crippen LogP contribution is -2.37. The van der Waals surface area contributed by atoms with E-state index in [1.54, 1.807) is 37.4 Å². The number of aryl methyl sites for hydroxylation is 1. The van der Waals surface area contributed by atoms with Crippen molar-refractivity contribution in [1.82, 2.24) is 15.1 Å². The summed E-state index contributed by atoms with van der Waals surface area (Å²) in [6, 6.07) is 7.83. The fraction of sp³-hybridized carbons (Fsp3) is 0.312. The van der Waals surface area contributed by atoms with Crippen LogP contribution in [0.3, 0.4) is 0 Å². The van der Waals surface area contributed by atoms with E-state index in [9.17, 15) is 9.59 Å². The van der Waals surface area contributed by atoms with E-state index in [0.717, 1.165) is 0 Å². The van der Waals surface area contributed by atoms with Gasteiger partial charge in [-0.05, 0) is 37.6 Å². The van der Waals surface area contributed by atoms with Crippen LogP contribution >= 0.6 is 23.2 Å². The summed E-state index contributed by atoms with van der Waals surface area (Å²) in [5, 5.41) is 7.53. The maximum Gasteiger partial charge on any atom is 0.266 e. The number of halogens is 2. The Morgan fingerprint density at radius 3 is 2.88 bits per heavy atom. The van der Waals surface area contributed by atoms with Gasteiger partial charge in [-0.15, -0.1) is 0 Å². The largest absolute Gasteiger partial charge is 0.479 e. The van der Waals surface area contributed by atoms with Gasteiger partial charge < -0.3 is 10.1 Å². The molecule has 0 spiro atoms. The van der Waals surface area contributed by atoms with Crippen LogP contribution in [-0.2, 0) is 11.3 Å². The molecule has 24 heavy (non-hydrogen) atoms. The Morgan fingerprint density at radius 2 is 2.17 bits per heavy atom. The van der Waals surface area contributed by atoms with Crippen molar-refractivity contribution in [1.29, 1.82) is 0 Å². The van der Waals surface area contributed by atoms with Crippen LogP contribution in [0.2, 0.25) is 10.0 Å². The van der Waals surface area contributed by atoms with Crippen LogP contribution in [0.25, 0.3) is 0 Å². The highest BCUT2D eigenvalue weighted by molar-refractivity contribution is 6.35. The van der Waals surface area contributed by atoms with Gasteiger partial charge in [-0.2, -0.15) is 5.10 Å². The molecular formula is C16H17Cl2N3O3. The monoisotopic (exact) mass is 369 g/mol. The van der Waals surface area contributed by atoms with Crippen LogP contribution in [-0.4, -0.2) is 28.3 Å². The summed E-state index contributed by atoms with van der Waals surface area (Å²) >= 11 is 11.8. The van der Waals surface area contributed by atoms with E-state index in [4.69, 9.17) is 27.9 Å². The Bertz CT molecular complexity index is 764. The van der Waals surface area contributed by atoms with Crippen LogP contribution in [0.1, 0.15) is 13.3 Å². The summed E-state index contributed by atoms with van der Waals surface area (Å²) in [7, 11) is 0. The predicted molar refractivity (Wildman–Crippen MR) is 92.7 cm³/mol. The standard InChI is InChI=1S/C16H17Cl2N3O3/c1-11(24-14-6-5-12(17)10-13(14)18)16(23)19-7-3-9-21-15(22)4-2-8-20-21/h2,4-6,8,10-11H,3,7,9H2,1H3,(H,19,23). The van der Waals surface area contributed by atoms with Crippen LogP contribution in [0, 0.1) is 0 Å². The third-order valence-corrected chi connectivity index (χ3v) is 3.73. The van der Waals surface area contributed by atoms with Crippen molar-refractivity contribution in [3.05, 3.63) is 56.9 Å². The van der Waals surface area contributed by atoms with Crippen molar-refractivity contribution in [2.75, 3.05) is 6.54 Å². The summed E-state index contributed by atoms with van der Waals surface area (Å²) in [5.41, 5.74) is -0.169. The van der Waals surface area contributed by atoms with E-state index in [2.05, 4.69) is 10.4 Å². The fourth-order valence-corrected chi connectivity index (χ4v) is 2.41. The first kappa shape index (κ1) is 18.3. The molecule has 0 aliphatic carbocycles. The van der Waals surface area contributed by atoms with Gasteiger partial charge in [0.15, 0.2) is 6.10 Å². The maximum absolute atomic E-state index is 12.0. The van der Waals surface area contributed by atoms with Crippen molar-refractivity contribution in [3.63, 3.8) is 0 Å². The number of ether oxygens (including phenoxy) is 1. The third-order valence-electron chi connectivity index (χ3n) is 3.20. The molecule has 1 unspecified atom stereocenters. The molecule has 0 radical (unpaired) electrons. The average Bonchev–Trinajstić information content (AvgIpc) is 2.55. The summed E-state index contributed by atoms with van der Waals surface area (Å²) < 4.78 is 6.87. The second-order valence-electron chi connectivity index (χ2n) is 5.06. The molecule has 1 aromatic heterocycles. The molecule has 0 aliphatic heterocycles. The molecule has 0 saturated carbocycles. The van der Waals surface area contributed by atoms with Crippen LogP contribution < -0.4 is 15.6 Å².